The van der Waals surface area contributed by atoms with E-state index < -0.39 is 17.8 Å². The van der Waals surface area contributed by atoms with Gasteiger partial charge in [-0.3, -0.25) is 9.69 Å². The molecule has 4 aromatic heterocycles. The Morgan fingerprint density at radius 2 is 1.90 bits per heavy atom. The van der Waals surface area contributed by atoms with E-state index >= 15 is 0 Å². The lowest BCUT2D eigenvalue weighted by Gasteiger charge is -2.44. The average molecular weight is 708 g/mol. The molecule has 15 heteroatoms. The van der Waals surface area contributed by atoms with Crippen molar-refractivity contribution in [2.75, 3.05) is 63.3 Å². The van der Waals surface area contributed by atoms with Gasteiger partial charge in [-0.1, -0.05) is 6.42 Å². The van der Waals surface area contributed by atoms with E-state index in [4.69, 9.17) is 29.8 Å². The maximum Gasteiger partial charge on any atom is 0.433 e. The molecule has 3 aliphatic rings. The molecule has 7 rings (SSSR count). The maximum atomic E-state index is 14.0. The molecule has 0 aromatic carbocycles. The van der Waals surface area contributed by atoms with Gasteiger partial charge >= 0.3 is 12.1 Å². The number of carbonyl (C=O) groups is 1. The topological polar surface area (TPSA) is 136 Å². The Morgan fingerprint density at radius 1 is 1.10 bits per heavy atom. The fourth-order valence-electron chi connectivity index (χ4n) is 7.52. The zero-order valence-electron chi connectivity index (χ0n) is 29.2. The van der Waals surface area contributed by atoms with E-state index in [0.29, 0.717) is 59.2 Å². The van der Waals surface area contributed by atoms with Crippen LogP contribution in [0.1, 0.15) is 69.2 Å². The molecule has 12 nitrogen and oxygen atoms in total. The number of aromatic nitrogens is 6. The standard InChI is InChI=1S/C36H44F3N9O3/c1-22-19-47(11-4-6-31(49)50)12-13-48(22)30-18-40-27(17-41-30)33-44-32-28(46(2)20-35(21-51-3)9-5-10-35)16-26(43-34(32)45-33)24-14-25(23-7-8-23)42-29(15-24)36(37,38)39/h14-18,22-23H,4-13,19-21H2,1-3H3,(H,49,50)(H,43,44,45)/t22-/m1/s1. The van der Waals surface area contributed by atoms with Crippen LogP contribution in [0.15, 0.2) is 30.6 Å². The SMILES string of the molecule is COCC1(CN(C)c2cc(-c3cc(C4CC4)nc(C(F)(F)F)c3)nc3nc(-c4cnc(N5CCN(CCCC(=O)O)C[C@H]5C)cn4)[nH]c23)CCC1. The van der Waals surface area contributed by atoms with Gasteiger partial charge in [0.15, 0.2) is 11.5 Å². The lowest BCUT2D eigenvalue weighted by atomic mass is 9.69. The molecule has 0 unspecified atom stereocenters. The van der Waals surface area contributed by atoms with Crippen molar-refractivity contribution < 1.29 is 27.8 Å². The molecule has 0 spiro atoms. The predicted molar refractivity (Wildman–Crippen MR) is 187 cm³/mol. The van der Waals surface area contributed by atoms with E-state index in [1.54, 1.807) is 25.6 Å². The van der Waals surface area contributed by atoms with Crippen molar-refractivity contribution in [3.8, 4) is 22.8 Å². The summed E-state index contributed by atoms with van der Waals surface area (Å²) >= 11 is 0. The zero-order chi connectivity index (χ0) is 35.9. The summed E-state index contributed by atoms with van der Waals surface area (Å²) in [6, 6.07) is 4.82. The number of rotatable bonds is 13. The monoisotopic (exact) mass is 707 g/mol. The van der Waals surface area contributed by atoms with Crippen LogP contribution in [-0.2, 0) is 15.7 Å². The highest BCUT2D eigenvalue weighted by Gasteiger charge is 2.39. The third-order valence-electron chi connectivity index (χ3n) is 10.5. The Labute approximate surface area is 294 Å². The number of alkyl halides is 3. The summed E-state index contributed by atoms with van der Waals surface area (Å²) in [5, 5.41) is 8.97. The number of fused-ring (bicyclic) bond motifs is 1. The number of nitrogens with one attached hydrogen (secondary N) is 1. The van der Waals surface area contributed by atoms with Crippen LogP contribution in [0, 0.1) is 5.41 Å². The fourth-order valence-corrected chi connectivity index (χ4v) is 7.52. The summed E-state index contributed by atoms with van der Waals surface area (Å²) in [7, 11) is 3.70. The summed E-state index contributed by atoms with van der Waals surface area (Å²) in [6.45, 7) is 6.53. The van der Waals surface area contributed by atoms with E-state index in [1.807, 2.05) is 13.1 Å². The second-order valence-corrected chi connectivity index (χ2v) is 14.5. The fraction of sp³-hybridized carbons (Fsp3) is 0.556. The van der Waals surface area contributed by atoms with Gasteiger partial charge in [-0.05, 0) is 63.8 Å². The van der Waals surface area contributed by atoms with E-state index in [9.17, 15) is 18.0 Å². The van der Waals surface area contributed by atoms with Crippen LogP contribution in [-0.4, -0.2) is 105 Å². The molecular weight excluding hydrogens is 663 g/mol. The average Bonchev–Trinajstić information content (AvgIpc) is 3.84. The lowest BCUT2D eigenvalue weighted by Crippen LogP contribution is -2.52. The van der Waals surface area contributed by atoms with Crippen molar-refractivity contribution in [1.29, 1.82) is 0 Å². The highest BCUT2D eigenvalue weighted by atomic mass is 19.4. The first kappa shape index (κ1) is 35.1. The minimum Gasteiger partial charge on any atom is -0.481 e. The van der Waals surface area contributed by atoms with Gasteiger partial charge in [-0.25, -0.2) is 24.9 Å². The van der Waals surface area contributed by atoms with Gasteiger partial charge in [0.2, 0.25) is 0 Å². The Hall–Kier alpha value is -4.37. The summed E-state index contributed by atoms with van der Waals surface area (Å²) in [5.41, 5.74) is 2.58. The van der Waals surface area contributed by atoms with Crippen molar-refractivity contribution in [1.82, 2.24) is 34.8 Å². The van der Waals surface area contributed by atoms with E-state index in [2.05, 4.69) is 31.6 Å². The first-order chi connectivity index (χ1) is 24.4. The molecule has 4 aromatic rings. The number of methoxy groups -OCH3 is 1. The largest absolute Gasteiger partial charge is 0.481 e. The number of piperazine rings is 1. The third-order valence-corrected chi connectivity index (χ3v) is 10.5. The Balaban J connectivity index is 1.20. The third kappa shape index (κ3) is 7.64. The number of ether oxygens (including phenoxy) is 1. The van der Waals surface area contributed by atoms with Crippen molar-refractivity contribution in [2.24, 2.45) is 5.41 Å². The first-order valence-corrected chi connectivity index (χ1v) is 17.6. The van der Waals surface area contributed by atoms with Gasteiger partial charge in [0, 0.05) is 75.4 Å². The molecule has 2 saturated carbocycles. The number of aromatic amines is 1. The highest BCUT2D eigenvalue weighted by molar-refractivity contribution is 5.91. The van der Waals surface area contributed by atoms with Crippen LogP contribution in [0.3, 0.4) is 0 Å². The van der Waals surface area contributed by atoms with E-state index in [-0.39, 0.29) is 23.8 Å². The molecular formula is C36H44F3N9O3. The Kier molecular flexibility index (Phi) is 9.61. The summed E-state index contributed by atoms with van der Waals surface area (Å²) in [6.07, 6.45) is 4.43. The zero-order valence-corrected chi connectivity index (χ0v) is 29.2. The number of H-pyrrole nitrogens is 1. The Morgan fingerprint density at radius 3 is 2.53 bits per heavy atom. The molecule has 2 N–H and O–H groups in total. The number of halogens is 3. The minimum absolute atomic E-state index is 0.0101. The number of hydrogen-bond donors (Lipinski definition) is 2. The van der Waals surface area contributed by atoms with Crippen LogP contribution in [0.2, 0.25) is 0 Å². The van der Waals surface area contributed by atoms with E-state index in [1.165, 1.54) is 0 Å². The molecule has 2 aliphatic carbocycles. The van der Waals surface area contributed by atoms with Crippen molar-refractivity contribution in [3.05, 3.63) is 42.0 Å². The van der Waals surface area contributed by atoms with Crippen LogP contribution in [0.5, 0.6) is 0 Å². The molecule has 0 amide bonds. The summed E-state index contributed by atoms with van der Waals surface area (Å²) in [4.78, 5) is 43.9. The second-order valence-electron chi connectivity index (χ2n) is 14.5. The van der Waals surface area contributed by atoms with Gasteiger partial charge in [-0.2, -0.15) is 13.2 Å². The number of pyridine rings is 2. The molecule has 0 bridgehead atoms. The molecule has 51 heavy (non-hydrogen) atoms. The van der Waals surface area contributed by atoms with Gasteiger partial charge in [0.05, 0.1) is 30.4 Å². The first-order valence-electron chi connectivity index (χ1n) is 17.6. The molecule has 0 radical (unpaired) electrons. The van der Waals surface area contributed by atoms with Crippen LogP contribution in [0.25, 0.3) is 33.9 Å². The number of nitrogens with zero attached hydrogens (tertiary/aromatic N) is 8. The number of hydrogen-bond acceptors (Lipinski definition) is 10. The number of imidazole rings is 1. The highest BCUT2D eigenvalue weighted by Crippen LogP contribution is 2.44. The number of anilines is 2. The van der Waals surface area contributed by atoms with Crippen molar-refractivity contribution >= 4 is 28.6 Å². The normalized spacial score (nSPS) is 19.3. The van der Waals surface area contributed by atoms with Crippen LogP contribution < -0.4 is 9.80 Å². The summed E-state index contributed by atoms with van der Waals surface area (Å²) < 4.78 is 47.6. The molecule has 5 heterocycles. The van der Waals surface area contributed by atoms with Crippen LogP contribution >= 0.6 is 0 Å². The van der Waals surface area contributed by atoms with E-state index in [0.717, 1.165) is 75.9 Å². The Bertz CT molecular complexity index is 1880. The smallest absolute Gasteiger partial charge is 0.433 e. The van der Waals surface area contributed by atoms with Gasteiger partial charge in [0.1, 0.15) is 22.7 Å². The van der Waals surface area contributed by atoms with Gasteiger partial charge < -0.3 is 24.6 Å². The quantitative estimate of drug-likeness (QED) is 0.169. The lowest BCUT2D eigenvalue weighted by molar-refractivity contribution is -0.141. The molecule has 3 fully saturated rings. The van der Waals surface area contributed by atoms with Crippen LogP contribution in [0.4, 0.5) is 24.7 Å². The van der Waals surface area contributed by atoms with Gasteiger partial charge in [-0.15, -0.1) is 0 Å². The minimum atomic E-state index is -4.59. The summed E-state index contributed by atoms with van der Waals surface area (Å²) in [5.74, 6) is 0.445. The van der Waals surface area contributed by atoms with Gasteiger partial charge in [0.25, 0.3) is 0 Å². The predicted octanol–water partition coefficient (Wildman–Crippen LogP) is 6.00. The number of carboxylic acids is 1. The maximum absolute atomic E-state index is 14.0. The van der Waals surface area contributed by atoms with Crippen molar-refractivity contribution in [2.45, 2.75) is 70.0 Å². The molecule has 1 atom stereocenters. The number of aliphatic carboxylic acids is 1. The van der Waals surface area contributed by atoms with Crippen molar-refractivity contribution in [3.63, 3.8) is 0 Å². The molecule has 1 aliphatic heterocycles. The number of carboxylic acid groups (broad SMARTS) is 1. The molecule has 272 valence electrons. The second kappa shape index (κ2) is 14.0. The molecule has 1 saturated heterocycles.